The van der Waals surface area contributed by atoms with Crippen LogP contribution in [0.2, 0.25) is 0 Å². The van der Waals surface area contributed by atoms with Gasteiger partial charge in [-0.25, -0.2) is 0 Å². The molecule has 21 heavy (non-hydrogen) atoms. The highest BCUT2D eigenvalue weighted by Crippen LogP contribution is 2.25. The summed E-state index contributed by atoms with van der Waals surface area (Å²) in [4.78, 5) is 10.1. The quantitative estimate of drug-likeness (QED) is 0.482. The van der Waals surface area contributed by atoms with Crippen molar-refractivity contribution < 1.29 is 9.66 Å². The van der Waals surface area contributed by atoms with Gasteiger partial charge >= 0.3 is 0 Å². The van der Waals surface area contributed by atoms with E-state index in [0.717, 1.165) is 15.7 Å². The van der Waals surface area contributed by atoms with Gasteiger partial charge in [-0.15, -0.1) is 0 Å². The first-order valence-corrected chi connectivity index (χ1v) is 7.23. The standard InChI is InChI=1S/C15H15BrN2O3/c1-11-3-2-4-14(15(11)16)17-9-10-21-13-7-5-12(6-8-13)18(19)20/h2-8,17H,9-10H2,1H3. The van der Waals surface area contributed by atoms with Gasteiger partial charge in [-0.1, -0.05) is 12.1 Å². The zero-order chi connectivity index (χ0) is 15.2. The predicted molar refractivity (Wildman–Crippen MR) is 86.0 cm³/mol. The van der Waals surface area contributed by atoms with Crippen molar-refractivity contribution in [3.63, 3.8) is 0 Å². The van der Waals surface area contributed by atoms with Gasteiger partial charge in [-0.3, -0.25) is 10.1 Å². The lowest BCUT2D eigenvalue weighted by Gasteiger charge is -2.11. The van der Waals surface area contributed by atoms with Gasteiger partial charge in [0, 0.05) is 28.8 Å². The Balaban J connectivity index is 1.82. The second-order valence-corrected chi connectivity index (χ2v) is 5.26. The summed E-state index contributed by atoms with van der Waals surface area (Å²) in [5, 5.41) is 13.8. The van der Waals surface area contributed by atoms with Gasteiger partial charge in [0.1, 0.15) is 12.4 Å². The van der Waals surface area contributed by atoms with Crippen molar-refractivity contribution in [1.82, 2.24) is 0 Å². The number of aryl methyl sites for hydroxylation is 1. The Morgan fingerprint density at radius 1 is 1.24 bits per heavy atom. The van der Waals surface area contributed by atoms with Crippen LogP contribution in [0.1, 0.15) is 5.56 Å². The van der Waals surface area contributed by atoms with Gasteiger partial charge in [0.05, 0.1) is 4.92 Å². The van der Waals surface area contributed by atoms with Crippen molar-refractivity contribution in [3.8, 4) is 5.75 Å². The molecule has 0 fully saturated rings. The first kappa shape index (κ1) is 15.3. The molecule has 0 bridgehead atoms. The molecule has 0 aliphatic carbocycles. The smallest absolute Gasteiger partial charge is 0.269 e. The molecule has 5 nitrogen and oxygen atoms in total. The van der Waals surface area contributed by atoms with Crippen LogP contribution in [0.15, 0.2) is 46.9 Å². The summed E-state index contributed by atoms with van der Waals surface area (Å²) >= 11 is 3.53. The lowest BCUT2D eigenvalue weighted by molar-refractivity contribution is -0.384. The van der Waals surface area contributed by atoms with Gasteiger partial charge in [0.25, 0.3) is 5.69 Å². The Kier molecular flexibility index (Phi) is 5.16. The second kappa shape index (κ2) is 7.08. The minimum atomic E-state index is -0.430. The van der Waals surface area contributed by atoms with Crippen molar-refractivity contribution in [3.05, 3.63) is 62.6 Å². The molecule has 0 amide bonds. The predicted octanol–water partition coefficient (Wildman–Crippen LogP) is 4.16. The zero-order valence-electron chi connectivity index (χ0n) is 11.5. The average molecular weight is 351 g/mol. The van der Waals surface area contributed by atoms with Crippen LogP contribution in [0.25, 0.3) is 0 Å². The second-order valence-electron chi connectivity index (χ2n) is 4.46. The van der Waals surface area contributed by atoms with Crippen LogP contribution in [0.5, 0.6) is 5.75 Å². The van der Waals surface area contributed by atoms with Gasteiger partial charge in [-0.2, -0.15) is 0 Å². The molecular weight excluding hydrogens is 336 g/mol. The molecule has 0 atom stereocenters. The number of anilines is 1. The highest BCUT2D eigenvalue weighted by molar-refractivity contribution is 9.10. The molecule has 0 radical (unpaired) electrons. The number of nitro groups is 1. The Bertz CT molecular complexity index is 629. The van der Waals surface area contributed by atoms with Crippen LogP contribution in [-0.4, -0.2) is 18.1 Å². The summed E-state index contributed by atoms with van der Waals surface area (Å²) in [6.45, 7) is 3.14. The molecule has 0 saturated heterocycles. The largest absolute Gasteiger partial charge is 0.492 e. The zero-order valence-corrected chi connectivity index (χ0v) is 13.1. The van der Waals surface area contributed by atoms with E-state index >= 15 is 0 Å². The molecule has 0 spiro atoms. The number of nitrogens with zero attached hydrogens (tertiary/aromatic N) is 1. The third-order valence-electron chi connectivity index (χ3n) is 2.93. The van der Waals surface area contributed by atoms with E-state index in [-0.39, 0.29) is 5.69 Å². The van der Waals surface area contributed by atoms with Crippen molar-refractivity contribution >= 4 is 27.3 Å². The van der Waals surface area contributed by atoms with Gasteiger partial charge < -0.3 is 10.1 Å². The lowest BCUT2D eigenvalue weighted by Crippen LogP contribution is -2.11. The molecule has 2 rings (SSSR count). The Labute approximate surface area is 131 Å². The number of nitro benzene ring substituents is 1. The summed E-state index contributed by atoms with van der Waals surface area (Å²) in [6.07, 6.45) is 0. The Morgan fingerprint density at radius 2 is 1.95 bits per heavy atom. The summed E-state index contributed by atoms with van der Waals surface area (Å²) in [6, 6.07) is 12.1. The molecule has 0 saturated carbocycles. The molecule has 0 aromatic heterocycles. The van der Waals surface area contributed by atoms with Gasteiger partial charge in [-0.05, 0) is 46.6 Å². The van der Waals surface area contributed by atoms with E-state index < -0.39 is 4.92 Å². The molecule has 2 aromatic carbocycles. The highest BCUT2D eigenvalue weighted by Gasteiger charge is 2.04. The van der Waals surface area contributed by atoms with E-state index in [1.54, 1.807) is 12.1 Å². The third-order valence-corrected chi connectivity index (χ3v) is 3.98. The van der Waals surface area contributed by atoms with Gasteiger partial charge in [0.15, 0.2) is 0 Å². The fourth-order valence-corrected chi connectivity index (χ4v) is 2.21. The van der Waals surface area contributed by atoms with Crippen LogP contribution in [0.3, 0.4) is 0 Å². The number of rotatable bonds is 6. The van der Waals surface area contributed by atoms with E-state index in [4.69, 9.17) is 4.74 Å². The summed E-state index contributed by atoms with van der Waals surface area (Å²) < 4.78 is 6.57. The highest BCUT2D eigenvalue weighted by atomic mass is 79.9. The van der Waals surface area contributed by atoms with Crippen LogP contribution in [0, 0.1) is 17.0 Å². The molecule has 0 unspecified atom stereocenters. The molecular formula is C15H15BrN2O3. The normalized spacial score (nSPS) is 10.2. The molecule has 0 aliphatic heterocycles. The maximum absolute atomic E-state index is 10.5. The van der Waals surface area contributed by atoms with Crippen molar-refractivity contribution in [2.24, 2.45) is 0 Å². The van der Waals surface area contributed by atoms with Crippen LogP contribution in [-0.2, 0) is 0 Å². The van der Waals surface area contributed by atoms with E-state index in [9.17, 15) is 10.1 Å². The molecule has 2 aromatic rings. The first-order valence-electron chi connectivity index (χ1n) is 6.44. The third kappa shape index (κ3) is 4.19. The Hall–Kier alpha value is -2.08. The van der Waals surface area contributed by atoms with Gasteiger partial charge in [0.2, 0.25) is 0 Å². The van der Waals surface area contributed by atoms with Crippen LogP contribution in [0.4, 0.5) is 11.4 Å². The number of ether oxygens (including phenoxy) is 1. The molecule has 110 valence electrons. The number of benzene rings is 2. The summed E-state index contributed by atoms with van der Waals surface area (Å²) in [7, 11) is 0. The lowest BCUT2D eigenvalue weighted by atomic mass is 10.2. The molecule has 6 heteroatoms. The minimum absolute atomic E-state index is 0.0594. The van der Waals surface area contributed by atoms with E-state index in [2.05, 4.69) is 21.2 Å². The minimum Gasteiger partial charge on any atom is -0.492 e. The number of halogens is 1. The van der Waals surface area contributed by atoms with Crippen molar-refractivity contribution in [1.29, 1.82) is 0 Å². The average Bonchev–Trinajstić information content (AvgIpc) is 2.48. The fourth-order valence-electron chi connectivity index (χ4n) is 1.80. The van der Waals surface area contributed by atoms with E-state index in [1.807, 2.05) is 25.1 Å². The monoisotopic (exact) mass is 350 g/mol. The van der Waals surface area contributed by atoms with Crippen LogP contribution >= 0.6 is 15.9 Å². The maximum atomic E-state index is 10.5. The molecule has 0 heterocycles. The number of non-ortho nitro benzene ring substituents is 1. The number of nitrogens with one attached hydrogen (secondary N) is 1. The Morgan fingerprint density at radius 3 is 2.62 bits per heavy atom. The first-order chi connectivity index (χ1) is 10.1. The summed E-state index contributed by atoms with van der Waals surface area (Å²) in [5.74, 6) is 0.616. The topological polar surface area (TPSA) is 64.4 Å². The number of hydrogen-bond donors (Lipinski definition) is 1. The van der Waals surface area contributed by atoms with Crippen LogP contribution < -0.4 is 10.1 Å². The van der Waals surface area contributed by atoms with E-state index in [1.165, 1.54) is 12.1 Å². The summed E-state index contributed by atoms with van der Waals surface area (Å²) in [5.41, 5.74) is 2.24. The SMILES string of the molecule is Cc1cccc(NCCOc2ccc([N+](=O)[O-])cc2)c1Br. The van der Waals surface area contributed by atoms with E-state index in [0.29, 0.717) is 18.9 Å². The maximum Gasteiger partial charge on any atom is 0.269 e. The van der Waals surface area contributed by atoms with Crippen molar-refractivity contribution in [2.45, 2.75) is 6.92 Å². The van der Waals surface area contributed by atoms with Crippen molar-refractivity contribution in [2.75, 3.05) is 18.5 Å². The fraction of sp³-hybridized carbons (Fsp3) is 0.200. The molecule has 0 aliphatic rings. The number of hydrogen-bond acceptors (Lipinski definition) is 4. The molecule has 1 N–H and O–H groups in total.